The van der Waals surface area contributed by atoms with Crippen LogP contribution in [0.5, 0.6) is 0 Å². The van der Waals surface area contributed by atoms with Crippen LogP contribution in [-0.4, -0.2) is 26.8 Å². The van der Waals surface area contributed by atoms with Crippen LogP contribution in [-0.2, 0) is 6.54 Å². The van der Waals surface area contributed by atoms with E-state index in [2.05, 4.69) is 34.7 Å². The molecule has 0 unspecified atom stereocenters. The van der Waals surface area contributed by atoms with Gasteiger partial charge in [-0.15, -0.1) is 5.10 Å². The first-order valence-corrected chi connectivity index (χ1v) is 6.77. The first kappa shape index (κ1) is 14.2. The summed E-state index contributed by atoms with van der Waals surface area (Å²) < 4.78 is 1.65. The molecular formula is C12H15Cl2N5. The minimum absolute atomic E-state index is 0.482. The molecule has 0 aliphatic rings. The Kier molecular flexibility index (Phi) is 4.74. The van der Waals surface area contributed by atoms with Crippen molar-refractivity contribution in [2.24, 2.45) is 5.92 Å². The molecule has 2 aromatic rings. The first-order valence-electron chi connectivity index (χ1n) is 6.01. The second kappa shape index (κ2) is 6.32. The third kappa shape index (κ3) is 3.65. The highest BCUT2D eigenvalue weighted by atomic mass is 35.5. The van der Waals surface area contributed by atoms with Crippen molar-refractivity contribution >= 4 is 23.2 Å². The normalized spacial score (nSPS) is 11.2. The smallest absolute Gasteiger partial charge is 0.170 e. The van der Waals surface area contributed by atoms with Gasteiger partial charge in [-0.05, 0) is 41.1 Å². The summed E-state index contributed by atoms with van der Waals surface area (Å²) in [5.41, 5.74) is 0.792. The Balaban J connectivity index is 2.16. The summed E-state index contributed by atoms with van der Waals surface area (Å²) in [5.74, 6) is 1.31. The fourth-order valence-electron chi connectivity index (χ4n) is 1.61. The van der Waals surface area contributed by atoms with E-state index in [1.165, 1.54) is 0 Å². The van der Waals surface area contributed by atoms with Gasteiger partial charge < -0.3 is 5.32 Å². The molecule has 19 heavy (non-hydrogen) atoms. The van der Waals surface area contributed by atoms with Crippen molar-refractivity contribution in [3.05, 3.63) is 34.1 Å². The fourth-order valence-corrected chi connectivity index (χ4v) is 1.90. The molecule has 0 fully saturated rings. The van der Waals surface area contributed by atoms with Gasteiger partial charge in [0, 0.05) is 0 Å². The van der Waals surface area contributed by atoms with Crippen LogP contribution in [0.1, 0.15) is 19.7 Å². The van der Waals surface area contributed by atoms with Crippen LogP contribution in [0, 0.1) is 5.92 Å². The summed E-state index contributed by atoms with van der Waals surface area (Å²) in [6, 6.07) is 5.30. The quantitative estimate of drug-likeness (QED) is 0.922. The molecule has 1 aromatic carbocycles. The summed E-state index contributed by atoms with van der Waals surface area (Å²) in [4.78, 5) is 0. The topological polar surface area (TPSA) is 55.6 Å². The highest BCUT2D eigenvalue weighted by molar-refractivity contribution is 6.42. The van der Waals surface area contributed by atoms with Gasteiger partial charge in [-0.25, -0.2) is 0 Å². The SMILES string of the molecule is CC(C)CNCc1nnnn1-c1ccc(Cl)c(Cl)c1. The van der Waals surface area contributed by atoms with Gasteiger partial charge in [0.15, 0.2) is 5.82 Å². The maximum Gasteiger partial charge on any atom is 0.170 e. The zero-order valence-electron chi connectivity index (χ0n) is 10.8. The molecule has 0 aliphatic heterocycles. The Morgan fingerprint density at radius 1 is 1.26 bits per heavy atom. The molecule has 0 aliphatic carbocycles. The predicted octanol–water partition coefficient (Wildman–Crippen LogP) is 2.71. The van der Waals surface area contributed by atoms with Crippen LogP contribution in [0.3, 0.4) is 0 Å². The predicted molar refractivity (Wildman–Crippen MR) is 75.7 cm³/mol. The van der Waals surface area contributed by atoms with Gasteiger partial charge in [0.2, 0.25) is 0 Å². The van der Waals surface area contributed by atoms with E-state index in [1.54, 1.807) is 16.8 Å². The van der Waals surface area contributed by atoms with Crippen molar-refractivity contribution in [1.82, 2.24) is 25.5 Å². The summed E-state index contributed by atoms with van der Waals surface area (Å²) in [5, 5.41) is 16.0. The highest BCUT2D eigenvalue weighted by Gasteiger charge is 2.09. The van der Waals surface area contributed by atoms with Crippen LogP contribution >= 0.6 is 23.2 Å². The van der Waals surface area contributed by atoms with Gasteiger partial charge in [0.05, 0.1) is 22.3 Å². The largest absolute Gasteiger partial charge is 0.310 e. The molecule has 1 aromatic heterocycles. The number of halogens is 2. The Bertz CT molecular complexity index is 553. The summed E-state index contributed by atoms with van der Waals surface area (Å²) in [6.45, 7) is 5.81. The van der Waals surface area contributed by atoms with Gasteiger partial charge in [-0.1, -0.05) is 37.0 Å². The summed E-state index contributed by atoms with van der Waals surface area (Å²) in [6.07, 6.45) is 0. The van der Waals surface area contributed by atoms with Crippen LogP contribution in [0.4, 0.5) is 0 Å². The third-order valence-electron chi connectivity index (χ3n) is 2.52. The van der Waals surface area contributed by atoms with Crippen molar-refractivity contribution < 1.29 is 0 Å². The molecule has 102 valence electrons. The minimum atomic E-state index is 0.482. The van der Waals surface area contributed by atoms with Gasteiger partial charge >= 0.3 is 0 Å². The van der Waals surface area contributed by atoms with Crippen molar-refractivity contribution in [1.29, 1.82) is 0 Å². The molecular weight excluding hydrogens is 285 g/mol. The monoisotopic (exact) mass is 299 g/mol. The summed E-state index contributed by atoms with van der Waals surface area (Å²) in [7, 11) is 0. The number of hydrogen-bond donors (Lipinski definition) is 1. The van der Waals surface area contributed by atoms with E-state index >= 15 is 0 Å². The number of benzene rings is 1. The lowest BCUT2D eigenvalue weighted by Crippen LogP contribution is -2.21. The van der Waals surface area contributed by atoms with Crippen LogP contribution in [0.2, 0.25) is 10.0 Å². The molecule has 0 atom stereocenters. The number of hydrogen-bond acceptors (Lipinski definition) is 4. The maximum absolute atomic E-state index is 6.00. The molecule has 0 saturated carbocycles. The van der Waals surface area contributed by atoms with Crippen molar-refractivity contribution in [3.63, 3.8) is 0 Å². The molecule has 5 nitrogen and oxygen atoms in total. The van der Waals surface area contributed by atoms with Crippen molar-refractivity contribution in [2.75, 3.05) is 6.54 Å². The van der Waals surface area contributed by atoms with E-state index in [0.29, 0.717) is 22.5 Å². The Morgan fingerprint density at radius 2 is 2.05 bits per heavy atom. The van der Waals surface area contributed by atoms with Gasteiger partial charge in [-0.3, -0.25) is 0 Å². The zero-order chi connectivity index (χ0) is 13.8. The molecule has 2 rings (SSSR count). The van der Waals surface area contributed by atoms with Crippen LogP contribution < -0.4 is 5.32 Å². The standard InChI is InChI=1S/C12H15Cl2N5/c1-8(2)6-15-7-12-16-17-18-19(12)9-3-4-10(13)11(14)5-9/h3-5,8,15H,6-7H2,1-2H3. The van der Waals surface area contributed by atoms with E-state index in [0.717, 1.165) is 18.1 Å². The van der Waals surface area contributed by atoms with Crippen LogP contribution in [0.25, 0.3) is 5.69 Å². The average Bonchev–Trinajstić information content (AvgIpc) is 2.80. The molecule has 0 amide bonds. The lowest BCUT2D eigenvalue weighted by Gasteiger charge is -2.08. The molecule has 0 spiro atoms. The number of nitrogens with zero attached hydrogens (tertiary/aromatic N) is 4. The average molecular weight is 300 g/mol. The number of nitrogens with one attached hydrogen (secondary N) is 1. The minimum Gasteiger partial charge on any atom is -0.310 e. The first-order chi connectivity index (χ1) is 9.08. The van der Waals surface area contributed by atoms with Gasteiger partial charge in [0.1, 0.15) is 0 Å². The van der Waals surface area contributed by atoms with Gasteiger partial charge in [-0.2, -0.15) is 4.68 Å². The number of aromatic nitrogens is 4. The van der Waals surface area contributed by atoms with Crippen LogP contribution in [0.15, 0.2) is 18.2 Å². The van der Waals surface area contributed by atoms with E-state index in [1.807, 2.05) is 6.07 Å². The van der Waals surface area contributed by atoms with E-state index in [9.17, 15) is 0 Å². The number of tetrazole rings is 1. The Morgan fingerprint density at radius 3 is 2.74 bits per heavy atom. The van der Waals surface area contributed by atoms with Gasteiger partial charge in [0.25, 0.3) is 0 Å². The zero-order valence-corrected chi connectivity index (χ0v) is 12.3. The second-order valence-corrected chi connectivity index (χ2v) is 5.44. The lowest BCUT2D eigenvalue weighted by molar-refractivity contribution is 0.538. The lowest BCUT2D eigenvalue weighted by atomic mass is 10.2. The third-order valence-corrected chi connectivity index (χ3v) is 3.26. The molecule has 1 heterocycles. The molecule has 0 radical (unpaired) electrons. The molecule has 1 N–H and O–H groups in total. The fraction of sp³-hybridized carbons (Fsp3) is 0.417. The Labute approximate surface area is 121 Å². The number of rotatable bonds is 5. The Hall–Kier alpha value is -1.17. The molecule has 0 bridgehead atoms. The van der Waals surface area contributed by atoms with E-state index in [-0.39, 0.29) is 0 Å². The highest BCUT2D eigenvalue weighted by Crippen LogP contribution is 2.24. The summed E-state index contributed by atoms with van der Waals surface area (Å²) >= 11 is 11.9. The maximum atomic E-state index is 6.00. The van der Waals surface area contributed by atoms with Crippen molar-refractivity contribution in [2.45, 2.75) is 20.4 Å². The molecule has 7 heteroatoms. The van der Waals surface area contributed by atoms with Crippen molar-refractivity contribution in [3.8, 4) is 5.69 Å². The van der Waals surface area contributed by atoms with E-state index < -0.39 is 0 Å². The molecule has 0 saturated heterocycles. The second-order valence-electron chi connectivity index (χ2n) is 4.63. The van der Waals surface area contributed by atoms with E-state index in [4.69, 9.17) is 23.2 Å².